The molecule has 0 aliphatic rings. The third kappa shape index (κ3) is 19.7. The molecule has 0 aliphatic heterocycles. The summed E-state index contributed by atoms with van der Waals surface area (Å²) in [5.74, 6) is -5.70. The van der Waals surface area contributed by atoms with Crippen molar-refractivity contribution < 1.29 is 156 Å². The molecule has 26 nitrogen and oxygen atoms in total. The number of carboxylic acid groups (broad SMARTS) is 6. The predicted molar refractivity (Wildman–Crippen MR) is 192 cm³/mol. The summed E-state index contributed by atoms with van der Waals surface area (Å²) in [5, 5.41) is 82.4. The molecule has 6 heterocycles. The van der Waals surface area contributed by atoms with Crippen molar-refractivity contribution in [3.05, 3.63) is 102 Å². The van der Waals surface area contributed by atoms with Crippen LogP contribution in [0.4, 0.5) is 0 Å². The first-order valence-electron chi connectivity index (χ1n) is 16.6. The van der Waals surface area contributed by atoms with Crippen LogP contribution in [-0.4, -0.2) is 66.8 Å². The summed E-state index contributed by atoms with van der Waals surface area (Å²) in [6, 6.07) is 0. The van der Waals surface area contributed by atoms with Crippen LogP contribution >= 0.6 is 0 Å². The molecule has 0 aromatic carbocycles. The van der Waals surface area contributed by atoms with E-state index in [1.165, 1.54) is 41.5 Å². The van der Waals surface area contributed by atoms with Crippen LogP contribution < -0.4 is 30.6 Å². The largest absolute Gasteiger partial charge is 2.00 e. The summed E-state index contributed by atoms with van der Waals surface area (Å²) in [5.41, 5.74) is 2.49. The third-order valence-electron chi connectivity index (χ3n) is 7.42. The van der Waals surface area contributed by atoms with E-state index in [4.69, 9.17) is 0 Å². The Hall–Kier alpha value is -6.13. The molecule has 6 rings (SSSR count). The molecule has 0 atom stereocenters. The Morgan fingerprint density at radius 3 is 0.400 bits per heavy atom. The standard InChI is InChI=1S/6C6H7NO3.2H2O.3Zn/c6*1-3-5(6(8)9)4(2)10-7-3;;;;;/h6*1-2H3,(H,8,9);2*1H2;;;/q;;;;;;;;3*+2/p-4. The zero-order valence-corrected chi connectivity index (χ0v) is 46.2. The van der Waals surface area contributed by atoms with Gasteiger partial charge in [-0.05, 0) is 83.1 Å². The minimum atomic E-state index is -1.24. The second-order valence-corrected chi connectivity index (χ2v) is 11.9. The van der Waals surface area contributed by atoms with E-state index in [1.807, 2.05) is 0 Å². The Kier molecular flexibility index (Phi) is 32.3. The van der Waals surface area contributed by atoms with Gasteiger partial charge in [0.1, 0.15) is 34.6 Å². The number of aryl methyl sites for hydroxylation is 12. The van der Waals surface area contributed by atoms with Gasteiger partial charge in [0, 0.05) is 0 Å². The van der Waals surface area contributed by atoms with Crippen LogP contribution in [-0.2, 0) is 69.4 Å². The molecule has 0 aliphatic carbocycles. The van der Waals surface area contributed by atoms with E-state index in [1.54, 1.807) is 41.5 Å². The number of aromatic carboxylic acids is 6. The van der Waals surface area contributed by atoms with E-state index in [0.29, 0.717) is 34.2 Å². The Labute approximate surface area is 405 Å². The van der Waals surface area contributed by atoms with Crippen LogP contribution in [0.2, 0.25) is 0 Å². The van der Waals surface area contributed by atoms with E-state index in [9.17, 15) is 59.4 Å². The molecule has 6 N–H and O–H groups in total. The van der Waals surface area contributed by atoms with E-state index in [-0.39, 0.29) is 137 Å². The van der Waals surface area contributed by atoms with Gasteiger partial charge in [0.05, 0.1) is 103 Å². The first kappa shape index (κ1) is 67.9. The van der Waals surface area contributed by atoms with Gasteiger partial charge in [-0.1, -0.05) is 30.9 Å². The quantitative estimate of drug-likeness (QED) is 0.114. The molecule has 0 saturated carbocycles. The first-order valence-corrected chi connectivity index (χ1v) is 16.6. The summed E-state index contributed by atoms with van der Waals surface area (Å²) < 4.78 is 27.5. The Morgan fingerprint density at radius 2 is 0.369 bits per heavy atom. The Bertz CT molecular complexity index is 1920. The second-order valence-electron chi connectivity index (χ2n) is 11.9. The maximum atomic E-state index is 10.3. The van der Waals surface area contributed by atoms with Gasteiger partial charge >= 0.3 is 58.4 Å². The molecular weight excluding hydrogens is 1030 g/mol. The molecule has 0 unspecified atom stereocenters. The molecular formula is C36H42N6O20Zn3+2. The van der Waals surface area contributed by atoms with Gasteiger partial charge in [-0.25, -0.2) is 0 Å². The summed E-state index contributed by atoms with van der Waals surface area (Å²) in [4.78, 5) is 61.8. The van der Waals surface area contributed by atoms with Crippen LogP contribution in [0.5, 0.6) is 0 Å². The van der Waals surface area contributed by atoms with Crippen molar-refractivity contribution in [2.75, 3.05) is 0 Å². The molecule has 0 saturated heterocycles. The van der Waals surface area contributed by atoms with Crippen molar-refractivity contribution in [1.82, 2.24) is 30.9 Å². The van der Waals surface area contributed by atoms with Crippen molar-refractivity contribution in [3.8, 4) is 0 Å². The second kappa shape index (κ2) is 30.9. The maximum Gasteiger partial charge on any atom is 2.00 e. The van der Waals surface area contributed by atoms with Gasteiger partial charge in [0.15, 0.2) is 0 Å². The molecule has 29 heteroatoms. The van der Waals surface area contributed by atoms with Crippen LogP contribution in [0.1, 0.15) is 131 Å². The molecule has 0 spiro atoms. The number of hydrogen-bond donors (Lipinski definition) is 0. The first-order chi connectivity index (χ1) is 27.8. The number of carbonyl (C=O) groups excluding carboxylic acids is 6. The zero-order valence-electron chi connectivity index (χ0n) is 37.3. The fraction of sp³-hybridized carbons (Fsp3) is 0.333. The van der Waals surface area contributed by atoms with Crippen molar-refractivity contribution in [2.24, 2.45) is 0 Å². The summed E-state index contributed by atoms with van der Waals surface area (Å²) in [6.45, 7) is 18.5. The number of aromatic nitrogens is 6. The Morgan fingerprint density at radius 1 is 0.277 bits per heavy atom. The molecule has 65 heavy (non-hydrogen) atoms. The minimum absolute atomic E-state index is 0. The van der Waals surface area contributed by atoms with Gasteiger partial charge in [0.25, 0.3) is 0 Å². The molecule has 0 amide bonds. The fourth-order valence-corrected chi connectivity index (χ4v) is 4.65. The van der Waals surface area contributed by atoms with Gasteiger partial charge < -0.3 is 97.5 Å². The van der Waals surface area contributed by atoms with Gasteiger partial charge in [-0.2, -0.15) is 0 Å². The van der Waals surface area contributed by atoms with Crippen LogP contribution in [0.25, 0.3) is 0 Å². The van der Waals surface area contributed by atoms with Gasteiger partial charge in [0.2, 0.25) is 0 Å². The molecule has 0 radical (unpaired) electrons. The SMILES string of the molecule is Cc1noc(C)c1C(=O)[O-].Cc1noc(C)c1C(=O)[O-].Cc1noc(C)c1C(=O)[O-].Cc1noc(C)c1C(=O)[O-].Cc1noc(C)c1C(=O)[O-].Cc1noc(C)c1C(=O)[O-].[OH3+].[OH3+].[Zn+2].[Zn+2].[Zn+2]. The molecule has 6 aromatic rings. The molecule has 340 valence electrons. The van der Waals surface area contributed by atoms with E-state index in [0.717, 1.165) is 0 Å². The summed E-state index contributed by atoms with van der Waals surface area (Å²) in [7, 11) is 0. The van der Waals surface area contributed by atoms with Gasteiger partial charge in [-0.15, -0.1) is 0 Å². The van der Waals surface area contributed by atoms with Gasteiger partial charge in [-0.3, -0.25) is 0 Å². The minimum Gasteiger partial charge on any atom is -0.545 e. The number of hydrogen-bond acceptors (Lipinski definition) is 24. The molecule has 0 fully saturated rings. The van der Waals surface area contributed by atoms with Crippen LogP contribution in [0.3, 0.4) is 0 Å². The zero-order chi connectivity index (χ0) is 46.3. The van der Waals surface area contributed by atoms with E-state index >= 15 is 0 Å². The van der Waals surface area contributed by atoms with Crippen molar-refractivity contribution in [1.29, 1.82) is 0 Å². The van der Waals surface area contributed by atoms with Crippen molar-refractivity contribution >= 4 is 35.8 Å². The number of carboxylic acids is 6. The van der Waals surface area contributed by atoms with E-state index in [2.05, 4.69) is 58.1 Å². The smallest absolute Gasteiger partial charge is 0.545 e. The van der Waals surface area contributed by atoms with E-state index < -0.39 is 35.8 Å². The normalized spacial score (nSPS) is 9.05. The van der Waals surface area contributed by atoms with Crippen LogP contribution in [0, 0.1) is 83.1 Å². The molecule has 6 aromatic heterocycles. The van der Waals surface area contributed by atoms with Crippen molar-refractivity contribution in [2.45, 2.75) is 83.1 Å². The fourth-order valence-electron chi connectivity index (χ4n) is 4.65. The summed E-state index contributed by atoms with van der Waals surface area (Å²) in [6.07, 6.45) is 0. The van der Waals surface area contributed by atoms with Crippen LogP contribution in [0.15, 0.2) is 27.1 Å². The Balaban J connectivity index is -0.000000218. The van der Waals surface area contributed by atoms with Crippen molar-refractivity contribution in [3.63, 3.8) is 0 Å². The molecule has 0 bridgehead atoms. The number of rotatable bonds is 6. The third-order valence-corrected chi connectivity index (χ3v) is 7.42. The monoisotopic (exact) mass is 1070 g/mol. The topological polar surface area (TPSA) is 463 Å². The predicted octanol–water partition coefficient (Wildman–Crippen LogP) is -3.92. The maximum absolute atomic E-state index is 10.3. The average molecular weight is 1070 g/mol. The number of carbonyl (C=O) groups is 6. The average Bonchev–Trinajstić information content (AvgIpc) is 3.97. The number of nitrogens with zero attached hydrogens (tertiary/aromatic N) is 6. The summed E-state index contributed by atoms with van der Waals surface area (Å²) >= 11 is 0.